The fourth-order valence-corrected chi connectivity index (χ4v) is 3.32. The molecule has 5 nitrogen and oxygen atoms in total. The van der Waals surface area contributed by atoms with E-state index >= 15 is 0 Å². The summed E-state index contributed by atoms with van der Waals surface area (Å²) >= 11 is 0. The normalized spacial score (nSPS) is 14.5. The zero-order valence-corrected chi connectivity index (χ0v) is 16.1. The van der Waals surface area contributed by atoms with Crippen LogP contribution in [0.15, 0.2) is 42.5 Å². The van der Waals surface area contributed by atoms with Crippen molar-refractivity contribution < 1.29 is 14.4 Å². The quantitative estimate of drug-likeness (QED) is 0.825. The van der Waals surface area contributed by atoms with Crippen molar-refractivity contribution in [3.05, 3.63) is 70.3 Å². The lowest BCUT2D eigenvalue weighted by molar-refractivity contribution is 0.0693. The lowest BCUT2D eigenvalue weighted by atomic mass is 9.94. The first-order valence-electron chi connectivity index (χ1n) is 9.19. The molecule has 0 saturated carbocycles. The van der Waals surface area contributed by atoms with Gasteiger partial charge < -0.3 is 5.32 Å². The average molecular weight is 364 g/mol. The maximum Gasteiger partial charge on any atom is 0.261 e. The van der Waals surface area contributed by atoms with Gasteiger partial charge in [0, 0.05) is 12.6 Å². The number of benzene rings is 2. The third kappa shape index (κ3) is 3.50. The molecular weight excluding hydrogens is 340 g/mol. The van der Waals surface area contributed by atoms with Gasteiger partial charge in [0.1, 0.15) is 0 Å². The zero-order chi connectivity index (χ0) is 19.7. The highest BCUT2D eigenvalue weighted by atomic mass is 16.2. The molecule has 0 spiro atoms. The second-order valence-electron chi connectivity index (χ2n) is 7.22. The Morgan fingerprint density at radius 2 is 1.63 bits per heavy atom. The first kappa shape index (κ1) is 18.8. The zero-order valence-electron chi connectivity index (χ0n) is 16.1. The summed E-state index contributed by atoms with van der Waals surface area (Å²) in [5.41, 5.74) is 3.29. The van der Waals surface area contributed by atoms with Crippen LogP contribution in [-0.4, -0.2) is 29.7 Å². The van der Waals surface area contributed by atoms with Crippen LogP contribution in [-0.2, 0) is 6.42 Å². The Kier molecular flexibility index (Phi) is 5.13. The summed E-state index contributed by atoms with van der Waals surface area (Å²) in [4.78, 5) is 38.0. The summed E-state index contributed by atoms with van der Waals surface area (Å²) in [5.74, 6) is -0.769. The molecule has 5 heteroatoms. The molecule has 0 saturated heterocycles. The fourth-order valence-electron chi connectivity index (χ4n) is 3.32. The highest BCUT2D eigenvalue weighted by molar-refractivity contribution is 6.21. The van der Waals surface area contributed by atoms with Crippen molar-refractivity contribution in [1.82, 2.24) is 10.2 Å². The molecule has 3 amide bonds. The molecule has 1 atom stereocenters. The monoisotopic (exact) mass is 364 g/mol. The number of hydrogen-bond acceptors (Lipinski definition) is 3. The lowest BCUT2D eigenvalue weighted by Crippen LogP contribution is -2.31. The van der Waals surface area contributed by atoms with Crippen LogP contribution in [0.1, 0.15) is 69.0 Å². The Hall–Kier alpha value is -2.95. The molecule has 0 radical (unpaired) electrons. The van der Waals surface area contributed by atoms with Crippen molar-refractivity contribution in [2.75, 3.05) is 7.05 Å². The molecule has 1 N–H and O–H groups in total. The van der Waals surface area contributed by atoms with Gasteiger partial charge in [0.15, 0.2) is 0 Å². The number of nitrogens with one attached hydrogen (secondary N) is 1. The molecular formula is C22H24N2O3. The molecule has 2 aromatic carbocycles. The van der Waals surface area contributed by atoms with Crippen molar-refractivity contribution >= 4 is 17.7 Å². The fraction of sp³-hybridized carbons (Fsp3) is 0.318. The molecule has 0 fully saturated rings. The van der Waals surface area contributed by atoms with Gasteiger partial charge in [0.05, 0.1) is 17.2 Å². The van der Waals surface area contributed by atoms with Crippen molar-refractivity contribution in [3.63, 3.8) is 0 Å². The van der Waals surface area contributed by atoms with Crippen molar-refractivity contribution in [3.8, 4) is 0 Å². The predicted molar refractivity (Wildman–Crippen MR) is 104 cm³/mol. The van der Waals surface area contributed by atoms with E-state index in [1.807, 2.05) is 12.1 Å². The molecule has 2 aromatic rings. The molecule has 1 aliphatic rings. The molecule has 27 heavy (non-hydrogen) atoms. The van der Waals surface area contributed by atoms with E-state index in [1.54, 1.807) is 12.1 Å². The Morgan fingerprint density at radius 1 is 1.00 bits per heavy atom. The van der Waals surface area contributed by atoms with E-state index in [4.69, 9.17) is 0 Å². The topological polar surface area (TPSA) is 66.5 Å². The van der Waals surface area contributed by atoms with E-state index in [0.29, 0.717) is 11.1 Å². The predicted octanol–water partition coefficient (Wildman–Crippen LogP) is 3.60. The molecule has 1 unspecified atom stereocenters. The molecule has 1 aliphatic heterocycles. The van der Waals surface area contributed by atoms with Gasteiger partial charge in [-0.05, 0) is 41.7 Å². The van der Waals surface area contributed by atoms with Crippen molar-refractivity contribution in [1.29, 1.82) is 0 Å². The van der Waals surface area contributed by atoms with Gasteiger partial charge in [-0.2, -0.15) is 0 Å². The maximum absolute atomic E-state index is 12.8. The van der Waals surface area contributed by atoms with Crippen LogP contribution >= 0.6 is 0 Å². The van der Waals surface area contributed by atoms with Gasteiger partial charge in [-0.1, -0.05) is 45.0 Å². The third-order valence-corrected chi connectivity index (χ3v) is 5.05. The lowest BCUT2D eigenvalue weighted by Gasteiger charge is -2.23. The number of amides is 3. The van der Waals surface area contributed by atoms with Crippen LogP contribution in [0.25, 0.3) is 0 Å². The molecule has 1 heterocycles. The summed E-state index contributed by atoms with van der Waals surface area (Å²) in [5, 5.41) is 3.07. The van der Waals surface area contributed by atoms with Crippen LogP contribution in [0.2, 0.25) is 0 Å². The second kappa shape index (κ2) is 7.35. The van der Waals surface area contributed by atoms with Gasteiger partial charge >= 0.3 is 0 Å². The van der Waals surface area contributed by atoms with E-state index in [0.717, 1.165) is 16.9 Å². The smallest absolute Gasteiger partial charge is 0.261 e. The van der Waals surface area contributed by atoms with Gasteiger partial charge in [-0.25, -0.2) is 0 Å². The van der Waals surface area contributed by atoms with Crippen molar-refractivity contribution in [2.24, 2.45) is 5.92 Å². The molecule has 3 rings (SSSR count). The number of carbonyl (C=O) groups excluding carboxylic acids is 3. The highest BCUT2D eigenvalue weighted by Crippen LogP contribution is 2.25. The van der Waals surface area contributed by atoms with E-state index in [2.05, 4.69) is 38.2 Å². The SMILES string of the molecule is CCc1ccc(C(NC(=O)c2ccc3c(c2)C(=O)N(C)C3=O)C(C)C)cc1. The number of hydrogen-bond donors (Lipinski definition) is 1. The van der Waals surface area contributed by atoms with Gasteiger partial charge in [0.25, 0.3) is 17.7 Å². The second-order valence-corrected chi connectivity index (χ2v) is 7.22. The third-order valence-electron chi connectivity index (χ3n) is 5.05. The van der Waals surface area contributed by atoms with Crippen LogP contribution in [0, 0.1) is 5.92 Å². The standard InChI is InChI=1S/C22H24N2O3/c1-5-14-6-8-15(9-7-14)19(13(2)3)23-20(25)16-10-11-17-18(12-16)22(27)24(4)21(17)26/h6-13,19H,5H2,1-4H3,(H,23,25). The Morgan fingerprint density at radius 3 is 2.22 bits per heavy atom. The minimum Gasteiger partial charge on any atom is -0.345 e. The molecule has 0 aliphatic carbocycles. The summed E-state index contributed by atoms with van der Waals surface area (Å²) in [6.45, 7) is 6.21. The summed E-state index contributed by atoms with van der Waals surface area (Å²) in [6.07, 6.45) is 0.968. The minimum atomic E-state index is -0.375. The Bertz CT molecular complexity index is 900. The van der Waals surface area contributed by atoms with Crippen LogP contribution in [0.5, 0.6) is 0 Å². The van der Waals surface area contributed by atoms with Crippen LogP contribution < -0.4 is 5.32 Å². The maximum atomic E-state index is 12.8. The van der Waals surface area contributed by atoms with E-state index < -0.39 is 0 Å². The first-order chi connectivity index (χ1) is 12.8. The average Bonchev–Trinajstić information content (AvgIpc) is 2.89. The summed E-state index contributed by atoms with van der Waals surface area (Å²) < 4.78 is 0. The number of fused-ring (bicyclic) bond motifs is 1. The number of carbonyl (C=O) groups is 3. The summed E-state index contributed by atoms with van der Waals surface area (Å²) in [7, 11) is 1.44. The number of rotatable bonds is 5. The van der Waals surface area contributed by atoms with Gasteiger partial charge in [0.2, 0.25) is 0 Å². The number of imide groups is 1. The van der Waals surface area contributed by atoms with E-state index in [9.17, 15) is 14.4 Å². The largest absolute Gasteiger partial charge is 0.345 e. The molecule has 0 aromatic heterocycles. The first-order valence-corrected chi connectivity index (χ1v) is 9.19. The summed E-state index contributed by atoms with van der Waals surface area (Å²) in [6, 6.07) is 12.7. The van der Waals surface area contributed by atoms with Crippen LogP contribution in [0.3, 0.4) is 0 Å². The van der Waals surface area contributed by atoms with Crippen molar-refractivity contribution in [2.45, 2.75) is 33.2 Å². The number of aryl methyl sites for hydroxylation is 1. The van der Waals surface area contributed by atoms with E-state index in [1.165, 1.54) is 18.7 Å². The Balaban J connectivity index is 1.85. The van der Waals surface area contributed by atoms with E-state index in [-0.39, 0.29) is 35.2 Å². The number of nitrogens with zero attached hydrogens (tertiary/aromatic N) is 1. The van der Waals surface area contributed by atoms with Crippen LogP contribution in [0.4, 0.5) is 0 Å². The highest BCUT2D eigenvalue weighted by Gasteiger charge is 2.33. The minimum absolute atomic E-state index is 0.142. The molecule has 0 bridgehead atoms. The van der Waals surface area contributed by atoms with Gasteiger partial charge in [-0.15, -0.1) is 0 Å². The Labute approximate surface area is 159 Å². The van der Waals surface area contributed by atoms with Gasteiger partial charge in [-0.3, -0.25) is 19.3 Å². The molecule has 140 valence electrons.